The van der Waals surface area contributed by atoms with Gasteiger partial charge in [-0.05, 0) is 124 Å². The van der Waals surface area contributed by atoms with E-state index in [4.69, 9.17) is 103 Å². The zero-order valence-electron chi connectivity index (χ0n) is 56.5. The maximum Gasteiger partial charge on any atom is 0.242 e. The summed E-state index contributed by atoms with van der Waals surface area (Å²) in [5, 5.41) is -0.649. The highest BCUT2D eigenvalue weighted by Gasteiger charge is 2.33. The van der Waals surface area contributed by atoms with Crippen molar-refractivity contribution in [1.29, 1.82) is 0 Å². The summed E-state index contributed by atoms with van der Waals surface area (Å²) < 4.78 is 127. The van der Waals surface area contributed by atoms with Gasteiger partial charge in [-0.3, -0.25) is 9.97 Å². The van der Waals surface area contributed by atoms with Gasteiger partial charge in [0.15, 0.2) is 0 Å². The van der Waals surface area contributed by atoms with Crippen molar-refractivity contribution in [3.63, 3.8) is 0 Å². The molecule has 5 heterocycles. The molecular formula is C72H86Cl8N8O8S4. The zero-order chi connectivity index (χ0) is 72.1. The van der Waals surface area contributed by atoms with E-state index in [1.54, 1.807) is 24.3 Å². The molecule has 0 saturated heterocycles. The Hall–Kier alpha value is -4.04. The number of sulfonamides is 4. The summed E-state index contributed by atoms with van der Waals surface area (Å²) in [4.78, 5) is 17.0. The first-order valence-corrected chi connectivity index (χ1v) is 43.4. The molecule has 4 aromatic carbocycles. The molecule has 0 saturated carbocycles. The van der Waals surface area contributed by atoms with Crippen LogP contribution in [0.3, 0.4) is 0 Å². The van der Waals surface area contributed by atoms with Crippen LogP contribution in [0.25, 0.3) is 66.6 Å². The van der Waals surface area contributed by atoms with Crippen LogP contribution in [0.15, 0.2) is 92.4 Å². The second-order valence-electron chi connectivity index (χ2n) is 25.3. The molecule has 542 valence electrons. The minimum absolute atomic E-state index is 0.0567. The summed E-state index contributed by atoms with van der Waals surface area (Å²) in [6, 6.07) is 18.1. The average molecular weight is 1600 g/mol. The number of H-pyrrole nitrogens is 2. The van der Waals surface area contributed by atoms with Crippen molar-refractivity contribution in [2.45, 2.75) is 201 Å². The third kappa shape index (κ3) is 18.8. The van der Waals surface area contributed by atoms with Crippen LogP contribution in [0.1, 0.15) is 179 Å². The Bertz CT molecular complexity index is 4200. The average Bonchev–Trinajstić information content (AvgIpc) is 1.21. The van der Waals surface area contributed by atoms with Gasteiger partial charge < -0.3 is 9.97 Å². The third-order valence-corrected chi connectivity index (χ3v) is 27.3. The second-order valence-corrected chi connectivity index (χ2v) is 35.3. The van der Waals surface area contributed by atoms with Gasteiger partial charge in [-0.25, -0.2) is 52.6 Å². The van der Waals surface area contributed by atoms with Crippen LogP contribution in [0.2, 0.25) is 40.2 Å². The monoisotopic (exact) mass is 1600 g/mol. The van der Waals surface area contributed by atoms with Crippen LogP contribution in [0, 0.1) is 0 Å². The quantitative estimate of drug-likeness (QED) is 0.0203. The molecule has 2 aliphatic rings. The van der Waals surface area contributed by atoms with Gasteiger partial charge in [0.2, 0.25) is 40.1 Å². The van der Waals surface area contributed by atoms with Crippen molar-refractivity contribution in [1.82, 2.24) is 38.8 Å². The fourth-order valence-electron chi connectivity index (χ4n) is 12.8. The number of nitrogens with one attached hydrogen (secondary N) is 6. The van der Waals surface area contributed by atoms with E-state index in [2.05, 4.69) is 56.6 Å². The van der Waals surface area contributed by atoms with E-state index in [1.807, 2.05) is 0 Å². The van der Waals surface area contributed by atoms with Gasteiger partial charge in [0, 0.05) is 92.8 Å². The lowest BCUT2D eigenvalue weighted by Gasteiger charge is -2.15. The summed E-state index contributed by atoms with van der Waals surface area (Å²) in [7, 11) is -17.2. The molecule has 0 spiro atoms. The third-order valence-electron chi connectivity index (χ3n) is 18.0. The first-order chi connectivity index (χ1) is 47.8. The fourth-order valence-corrected chi connectivity index (χ4v) is 20.9. The number of hydrogen-bond donors (Lipinski definition) is 6. The van der Waals surface area contributed by atoms with E-state index < -0.39 is 40.1 Å². The molecule has 0 aliphatic carbocycles. The summed E-state index contributed by atoms with van der Waals surface area (Å²) in [5.74, 6) is 0. The first-order valence-electron chi connectivity index (χ1n) is 34.5. The van der Waals surface area contributed by atoms with E-state index in [9.17, 15) is 33.7 Å². The molecular weight excluding hydrogens is 1520 g/mol. The Morgan fingerprint density at radius 1 is 0.290 bits per heavy atom. The molecule has 16 nitrogen and oxygen atoms in total. The molecule has 0 atom stereocenters. The van der Waals surface area contributed by atoms with Crippen molar-refractivity contribution < 1.29 is 33.7 Å². The Kier molecular flexibility index (Phi) is 29.1. The Labute approximate surface area is 629 Å². The number of hydrogen-bond acceptors (Lipinski definition) is 10. The SMILES string of the molecule is CCCCCCCNS(=O)(=O)c1ccc(Cl)c(-c2c3nc(c(-c4c(Cl)ccc(S(=O)(=O)NCCCCCCC)c4Cl)c4ccc([nH]4)c(-c4c(Cl)ccc(S(=O)(=O)NCCCCCCC)c4Cl)c4nc(c(-c5c(Cl)ccc(S(=O)(=O)NCCCCCCC)c5Cl)c5ccc2[nH]5)CC4)CC3)c1Cl. The molecule has 0 unspecified atom stereocenters. The highest BCUT2D eigenvalue weighted by Crippen LogP contribution is 2.49. The van der Waals surface area contributed by atoms with Crippen LogP contribution < -0.4 is 18.9 Å². The van der Waals surface area contributed by atoms with Gasteiger partial charge in [-0.2, -0.15) is 0 Å². The lowest BCUT2D eigenvalue weighted by atomic mass is 10.00. The number of rotatable bonds is 36. The predicted octanol–water partition coefficient (Wildman–Crippen LogP) is 20.8. The van der Waals surface area contributed by atoms with Gasteiger partial charge in [-0.15, -0.1) is 0 Å². The minimum Gasteiger partial charge on any atom is -0.354 e. The maximum absolute atomic E-state index is 14.5. The summed E-state index contributed by atoms with van der Waals surface area (Å²) in [5.41, 5.74) is 3.99. The summed E-state index contributed by atoms with van der Waals surface area (Å²) in [6.45, 7) is 9.00. The predicted molar refractivity (Wildman–Crippen MR) is 413 cm³/mol. The van der Waals surface area contributed by atoms with Gasteiger partial charge in [0.25, 0.3) is 0 Å². The van der Waals surface area contributed by atoms with Crippen LogP contribution >= 0.6 is 92.8 Å². The maximum atomic E-state index is 14.5. The number of aryl methyl sites for hydroxylation is 4. The number of benzene rings is 4. The lowest BCUT2D eigenvalue weighted by Crippen LogP contribution is -2.25. The van der Waals surface area contributed by atoms with E-state index in [0.717, 1.165) is 103 Å². The topological polar surface area (TPSA) is 242 Å². The Morgan fingerprint density at radius 2 is 0.490 bits per heavy atom. The van der Waals surface area contributed by atoms with Gasteiger partial charge in [0.05, 0.1) is 63.0 Å². The van der Waals surface area contributed by atoms with E-state index in [-0.39, 0.29) is 156 Å². The molecule has 28 heteroatoms. The van der Waals surface area contributed by atoms with Crippen molar-refractivity contribution >= 4 is 155 Å². The summed E-state index contributed by atoms with van der Waals surface area (Å²) in [6.07, 6.45) is 18.0. The molecule has 9 rings (SSSR count). The van der Waals surface area contributed by atoms with Crippen LogP contribution in [-0.2, 0) is 65.8 Å². The number of unbranched alkanes of at least 4 members (excludes halogenated alkanes) is 16. The van der Waals surface area contributed by atoms with Crippen LogP contribution in [0.4, 0.5) is 0 Å². The number of aromatic amines is 2. The molecule has 2 aliphatic heterocycles. The van der Waals surface area contributed by atoms with Crippen molar-refractivity contribution in [2.24, 2.45) is 0 Å². The number of fused-ring (bicyclic) bond motifs is 8. The van der Waals surface area contributed by atoms with E-state index in [0.29, 0.717) is 70.5 Å². The van der Waals surface area contributed by atoms with Crippen LogP contribution in [-0.4, -0.2) is 79.8 Å². The van der Waals surface area contributed by atoms with Gasteiger partial charge in [0.1, 0.15) is 19.6 Å². The summed E-state index contributed by atoms with van der Waals surface area (Å²) >= 11 is 59.3. The molecule has 100 heavy (non-hydrogen) atoms. The highest BCUT2D eigenvalue weighted by atomic mass is 35.5. The molecule has 6 N–H and O–H groups in total. The first kappa shape index (κ1) is 80.1. The van der Waals surface area contributed by atoms with E-state index >= 15 is 0 Å². The molecule has 0 radical (unpaired) electrons. The van der Waals surface area contributed by atoms with Gasteiger partial charge >= 0.3 is 0 Å². The molecule has 0 fully saturated rings. The molecule has 7 aromatic rings. The second kappa shape index (κ2) is 36.3. The largest absolute Gasteiger partial charge is 0.354 e. The van der Waals surface area contributed by atoms with Crippen LogP contribution in [0.5, 0.6) is 0 Å². The van der Waals surface area contributed by atoms with Crippen molar-refractivity contribution in [3.05, 3.63) is 136 Å². The number of halogens is 8. The Balaban J connectivity index is 1.41. The number of aromatic nitrogens is 4. The number of nitrogens with zero attached hydrogens (tertiary/aromatic N) is 2. The molecule has 3 aromatic heterocycles. The minimum atomic E-state index is -4.29. The zero-order valence-corrected chi connectivity index (χ0v) is 65.9. The lowest BCUT2D eigenvalue weighted by molar-refractivity contribution is 0.569. The smallest absolute Gasteiger partial charge is 0.242 e. The van der Waals surface area contributed by atoms with E-state index in [1.165, 1.54) is 48.5 Å². The van der Waals surface area contributed by atoms with Gasteiger partial charge in [-0.1, -0.05) is 223 Å². The standard InChI is InChI=1S/C72H86Cl8N8O8S4/c1-5-9-13-17-21-41-81-97(89,90)57-37-25-45(73)61(69(57)77)65-49-29-31-51(85-49)66(62-46(74)26-38-58(70(62)78)98(91,92)82-42-22-18-14-10-6-2)53-33-35-55(87-53)68(64-48(76)28-40-60(72(64)80)100(95,96)84-44-24-20-16-12-8-4)56-36-34-54(88-56)67(52-32-30-50(65)86-52)63-47(75)27-39-59(71(63)79)99(93,94)83-43-23-19-15-11-7-3/h25-29,31,34,36-40,81-85,88H,5-24,30,32-33,35,41-44H2,1-4H3. The van der Waals surface area contributed by atoms with Crippen molar-refractivity contribution in [3.8, 4) is 44.5 Å². The Morgan fingerprint density at radius 3 is 0.690 bits per heavy atom. The van der Waals surface area contributed by atoms with Crippen molar-refractivity contribution in [2.75, 3.05) is 26.2 Å². The normalized spacial score (nSPS) is 13.1. The molecule has 8 bridgehead atoms. The molecule has 0 amide bonds. The fraction of sp³-hybridized carbons (Fsp3) is 0.444. The highest BCUT2D eigenvalue weighted by molar-refractivity contribution is 7.90.